The van der Waals surface area contributed by atoms with E-state index in [1.807, 2.05) is 0 Å². The Morgan fingerprint density at radius 2 is 1.84 bits per heavy atom. The van der Waals surface area contributed by atoms with Gasteiger partial charge in [0.25, 0.3) is 0 Å². The zero-order valence-electron chi connectivity index (χ0n) is 12.7. The molecule has 2 nitrogen and oxygen atoms in total. The Balaban J connectivity index is 2.46. The summed E-state index contributed by atoms with van der Waals surface area (Å²) in [5, 5.41) is 3.67. The first-order valence-electron chi connectivity index (χ1n) is 7.55. The highest BCUT2D eigenvalue weighted by Crippen LogP contribution is 2.22. The Morgan fingerprint density at radius 3 is 2.47 bits per heavy atom. The molecule has 108 valence electrons. The first kappa shape index (κ1) is 16.2. The first-order valence-corrected chi connectivity index (χ1v) is 7.55. The highest BCUT2D eigenvalue weighted by atomic mass is 16.5. The molecule has 0 fully saturated rings. The van der Waals surface area contributed by atoms with Crippen LogP contribution in [-0.2, 0) is 4.74 Å². The largest absolute Gasteiger partial charge is 0.385 e. The molecular weight excluding hydrogens is 234 g/mol. The summed E-state index contributed by atoms with van der Waals surface area (Å²) in [4.78, 5) is 0. The van der Waals surface area contributed by atoms with Gasteiger partial charge in [0.15, 0.2) is 0 Å². The summed E-state index contributed by atoms with van der Waals surface area (Å²) < 4.78 is 5.15. The van der Waals surface area contributed by atoms with Crippen LogP contribution in [-0.4, -0.2) is 20.3 Å². The van der Waals surface area contributed by atoms with Gasteiger partial charge in [-0.05, 0) is 43.7 Å². The molecule has 0 heterocycles. The van der Waals surface area contributed by atoms with Crippen molar-refractivity contribution in [2.45, 2.75) is 45.6 Å². The Bertz CT molecular complexity index is 312. The maximum atomic E-state index is 5.15. The van der Waals surface area contributed by atoms with Gasteiger partial charge >= 0.3 is 0 Å². The summed E-state index contributed by atoms with van der Waals surface area (Å²) >= 11 is 0. The van der Waals surface area contributed by atoms with Crippen molar-refractivity contribution < 1.29 is 4.74 Å². The van der Waals surface area contributed by atoms with Crippen molar-refractivity contribution in [2.75, 3.05) is 20.3 Å². The van der Waals surface area contributed by atoms with Crippen LogP contribution in [0.3, 0.4) is 0 Å². The average Bonchev–Trinajstić information content (AvgIpc) is 2.46. The Morgan fingerprint density at radius 1 is 1.11 bits per heavy atom. The fourth-order valence-electron chi connectivity index (χ4n) is 2.31. The topological polar surface area (TPSA) is 21.3 Å². The third-order valence-corrected chi connectivity index (χ3v) is 3.61. The van der Waals surface area contributed by atoms with Crippen molar-refractivity contribution in [3.8, 4) is 0 Å². The van der Waals surface area contributed by atoms with E-state index < -0.39 is 0 Å². The van der Waals surface area contributed by atoms with Gasteiger partial charge in [0, 0.05) is 19.8 Å². The number of methoxy groups -OCH3 is 1. The average molecular weight is 263 g/mol. The molecule has 1 aromatic rings. The second kappa shape index (κ2) is 9.99. The third-order valence-electron chi connectivity index (χ3n) is 3.61. The van der Waals surface area contributed by atoms with Crippen molar-refractivity contribution in [3.05, 3.63) is 35.9 Å². The molecule has 1 rings (SSSR count). The van der Waals surface area contributed by atoms with Crippen LogP contribution in [0.2, 0.25) is 0 Å². The zero-order chi connectivity index (χ0) is 13.9. The van der Waals surface area contributed by atoms with E-state index in [-0.39, 0.29) is 0 Å². The molecule has 1 N–H and O–H groups in total. The van der Waals surface area contributed by atoms with Crippen molar-refractivity contribution in [3.63, 3.8) is 0 Å². The van der Waals surface area contributed by atoms with Crippen molar-refractivity contribution in [2.24, 2.45) is 5.92 Å². The summed E-state index contributed by atoms with van der Waals surface area (Å²) in [6.07, 6.45) is 4.79. The fraction of sp³-hybridized carbons (Fsp3) is 0.647. The fourth-order valence-corrected chi connectivity index (χ4v) is 2.31. The molecule has 2 heteroatoms. The highest BCUT2D eigenvalue weighted by Gasteiger charge is 2.12. The van der Waals surface area contributed by atoms with Crippen LogP contribution in [0.25, 0.3) is 0 Å². The van der Waals surface area contributed by atoms with E-state index in [9.17, 15) is 0 Å². The quantitative estimate of drug-likeness (QED) is 0.683. The van der Waals surface area contributed by atoms with Crippen molar-refractivity contribution >= 4 is 0 Å². The molecule has 2 unspecified atom stereocenters. The minimum Gasteiger partial charge on any atom is -0.385 e. The van der Waals surface area contributed by atoms with Crippen LogP contribution in [0.1, 0.15) is 51.1 Å². The van der Waals surface area contributed by atoms with Crippen LogP contribution in [0, 0.1) is 5.92 Å². The lowest BCUT2D eigenvalue weighted by atomic mass is 9.95. The maximum absolute atomic E-state index is 5.15. The van der Waals surface area contributed by atoms with Gasteiger partial charge in [-0.1, -0.05) is 44.2 Å². The predicted molar refractivity (Wildman–Crippen MR) is 82.4 cm³/mol. The standard InChI is InChI=1S/C17H29NO/c1-4-13-18-17(16-8-6-5-7-9-16)11-10-15(2)12-14-19-3/h5-9,15,17-18H,4,10-14H2,1-3H3. The molecule has 0 saturated carbocycles. The van der Waals surface area contributed by atoms with Crippen LogP contribution >= 0.6 is 0 Å². The molecule has 0 aliphatic heterocycles. The molecule has 0 aromatic heterocycles. The van der Waals surface area contributed by atoms with Gasteiger partial charge < -0.3 is 10.1 Å². The lowest BCUT2D eigenvalue weighted by Gasteiger charge is -2.21. The van der Waals surface area contributed by atoms with Gasteiger partial charge in [-0.25, -0.2) is 0 Å². The van der Waals surface area contributed by atoms with Gasteiger partial charge in [-0.3, -0.25) is 0 Å². The molecule has 2 atom stereocenters. The third kappa shape index (κ3) is 6.74. The molecule has 0 aliphatic carbocycles. The van der Waals surface area contributed by atoms with E-state index in [4.69, 9.17) is 4.74 Å². The number of hydrogen-bond acceptors (Lipinski definition) is 2. The molecule has 19 heavy (non-hydrogen) atoms. The molecule has 0 aliphatic rings. The summed E-state index contributed by atoms with van der Waals surface area (Å²) in [6, 6.07) is 11.3. The van der Waals surface area contributed by atoms with E-state index in [1.165, 1.54) is 24.8 Å². The van der Waals surface area contributed by atoms with Gasteiger partial charge in [0.2, 0.25) is 0 Å². The number of hydrogen-bond donors (Lipinski definition) is 1. The summed E-state index contributed by atoms with van der Waals surface area (Å²) in [5.74, 6) is 0.731. The second-order valence-electron chi connectivity index (χ2n) is 5.38. The van der Waals surface area contributed by atoms with Gasteiger partial charge in [-0.2, -0.15) is 0 Å². The first-order chi connectivity index (χ1) is 9.27. The normalized spacial score (nSPS) is 14.3. The van der Waals surface area contributed by atoms with Crippen molar-refractivity contribution in [1.29, 1.82) is 0 Å². The van der Waals surface area contributed by atoms with E-state index in [1.54, 1.807) is 7.11 Å². The molecule has 0 saturated heterocycles. The Hall–Kier alpha value is -0.860. The van der Waals surface area contributed by atoms with Gasteiger partial charge in [0.05, 0.1) is 0 Å². The maximum Gasteiger partial charge on any atom is 0.0464 e. The summed E-state index contributed by atoms with van der Waals surface area (Å²) in [6.45, 7) is 6.50. The monoisotopic (exact) mass is 263 g/mol. The SMILES string of the molecule is CCCNC(CCC(C)CCOC)c1ccccc1. The molecule has 1 aromatic carbocycles. The Kier molecular flexibility index (Phi) is 8.52. The lowest BCUT2D eigenvalue weighted by molar-refractivity contribution is 0.177. The van der Waals surface area contributed by atoms with E-state index in [2.05, 4.69) is 49.5 Å². The van der Waals surface area contributed by atoms with E-state index in [0.717, 1.165) is 25.5 Å². The molecule has 0 radical (unpaired) electrons. The van der Waals surface area contributed by atoms with Gasteiger partial charge in [-0.15, -0.1) is 0 Å². The second-order valence-corrected chi connectivity index (χ2v) is 5.38. The number of ether oxygens (including phenoxy) is 1. The minimum absolute atomic E-state index is 0.492. The molecule has 0 spiro atoms. The smallest absolute Gasteiger partial charge is 0.0464 e. The van der Waals surface area contributed by atoms with E-state index >= 15 is 0 Å². The zero-order valence-corrected chi connectivity index (χ0v) is 12.7. The minimum atomic E-state index is 0.492. The molecular formula is C17H29NO. The molecule has 0 bridgehead atoms. The molecule has 0 amide bonds. The highest BCUT2D eigenvalue weighted by molar-refractivity contribution is 5.18. The summed E-state index contributed by atoms with van der Waals surface area (Å²) in [7, 11) is 1.78. The van der Waals surface area contributed by atoms with Crippen LogP contribution < -0.4 is 5.32 Å². The van der Waals surface area contributed by atoms with E-state index in [0.29, 0.717) is 6.04 Å². The number of nitrogens with one attached hydrogen (secondary N) is 1. The predicted octanol–water partition coefficient (Wildman–Crippen LogP) is 4.18. The van der Waals surface area contributed by atoms with Crippen LogP contribution in [0.4, 0.5) is 0 Å². The van der Waals surface area contributed by atoms with Crippen LogP contribution in [0.15, 0.2) is 30.3 Å². The Labute approximate surface area is 118 Å². The summed E-state index contributed by atoms with van der Waals surface area (Å²) in [5.41, 5.74) is 1.41. The number of rotatable bonds is 10. The number of benzene rings is 1. The lowest BCUT2D eigenvalue weighted by Crippen LogP contribution is -2.22. The van der Waals surface area contributed by atoms with Crippen LogP contribution in [0.5, 0.6) is 0 Å². The van der Waals surface area contributed by atoms with Gasteiger partial charge in [0.1, 0.15) is 0 Å². The van der Waals surface area contributed by atoms with Crippen molar-refractivity contribution in [1.82, 2.24) is 5.32 Å².